The topological polar surface area (TPSA) is 219 Å². The van der Waals surface area contributed by atoms with Crippen LogP contribution in [0.3, 0.4) is 0 Å². The molecule has 0 amide bonds. The quantitative estimate of drug-likeness (QED) is 0.105. The maximum atomic E-state index is 13.7. The maximum absolute atomic E-state index is 13.7. The van der Waals surface area contributed by atoms with E-state index in [4.69, 9.17) is 87.6 Å². The van der Waals surface area contributed by atoms with Crippen LogP contribution in [0.2, 0.25) is 0 Å². The molecule has 2 aliphatic heterocycles. The first-order valence-electron chi connectivity index (χ1n) is 16.8. The van der Waals surface area contributed by atoms with Crippen molar-refractivity contribution in [1.82, 2.24) is 0 Å². The number of hydrogen-bond acceptors (Lipinski definition) is 17. The Morgan fingerprint density at radius 2 is 1.04 bits per heavy atom. The summed E-state index contributed by atoms with van der Waals surface area (Å²) in [6.07, 6.45) is -16.2. The molecule has 0 saturated carbocycles. The lowest BCUT2D eigenvalue weighted by molar-refractivity contribution is -0.350. The van der Waals surface area contributed by atoms with Gasteiger partial charge in [0.1, 0.15) is 18.8 Å². The van der Waals surface area contributed by atoms with Crippen molar-refractivity contribution >= 4 is 76.5 Å². The van der Waals surface area contributed by atoms with E-state index < -0.39 is 114 Å². The van der Waals surface area contributed by atoms with E-state index in [0.29, 0.717) is 0 Å². The minimum atomic E-state index is -2.42. The third-order valence-corrected chi connectivity index (χ3v) is 8.48. The summed E-state index contributed by atoms with van der Waals surface area (Å²) in [7, 11) is 0. The molecule has 10 atom stereocenters. The first kappa shape index (κ1) is 44.2. The van der Waals surface area contributed by atoms with Gasteiger partial charge in [0.25, 0.3) is 3.79 Å². The monoisotopic (exact) mass is 845 g/mol. The van der Waals surface area contributed by atoms with E-state index in [1.54, 1.807) is 36.4 Å². The van der Waals surface area contributed by atoms with Gasteiger partial charge in [-0.2, -0.15) is 0 Å². The Morgan fingerprint density at radius 1 is 0.589 bits per heavy atom. The van der Waals surface area contributed by atoms with Crippen LogP contribution >= 0.6 is 34.8 Å². The minimum absolute atomic E-state index is 0.0477. The zero-order valence-corrected chi connectivity index (χ0v) is 32.7. The van der Waals surface area contributed by atoms with Gasteiger partial charge in [-0.05, 0) is 31.2 Å². The maximum Gasteiger partial charge on any atom is 0.338 e. The van der Waals surface area contributed by atoms with Crippen molar-refractivity contribution in [2.45, 2.75) is 99.8 Å². The van der Waals surface area contributed by atoms with Crippen LogP contribution in [0.5, 0.6) is 0 Å². The zero-order valence-electron chi connectivity index (χ0n) is 30.4. The number of rotatable bonds is 12. The van der Waals surface area contributed by atoms with E-state index >= 15 is 0 Å². The van der Waals surface area contributed by atoms with Gasteiger partial charge in [-0.15, -0.1) is 0 Å². The fourth-order valence-electron chi connectivity index (χ4n) is 5.68. The molecule has 2 fully saturated rings. The number of hydrogen-bond donors (Lipinski definition) is 1. The van der Waals surface area contributed by atoms with Crippen LogP contribution in [0.25, 0.3) is 0 Å². The summed E-state index contributed by atoms with van der Waals surface area (Å²) in [5.74, 6) is -6.29. The summed E-state index contributed by atoms with van der Waals surface area (Å²) in [5, 5.41) is 8.25. The number of nitrogens with one attached hydrogen (secondary N) is 1. The molecule has 17 nitrogen and oxygen atoms in total. The highest BCUT2D eigenvalue weighted by Crippen LogP contribution is 2.37. The average Bonchev–Trinajstić information content (AvgIpc) is 3.12. The molecular weight excluding hydrogens is 809 g/mol. The number of alkyl halides is 3. The highest BCUT2D eigenvalue weighted by atomic mass is 35.6. The number of carbonyl (C=O) groups excluding carboxylic acids is 6. The molecule has 2 aromatic rings. The van der Waals surface area contributed by atoms with Crippen molar-refractivity contribution in [2.24, 2.45) is 0 Å². The van der Waals surface area contributed by atoms with Crippen LogP contribution in [0.15, 0.2) is 60.7 Å². The molecule has 2 aromatic carbocycles. The van der Waals surface area contributed by atoms with Gasteiger partial charge >= 0.3 is 35.8 Å². The molecule has 0 bridgehead atoms. The number of esters is 6. The smallest absolute Gasteiger partial charge is 0.338 e. The largest absolute Gasteiger partial charge is 0.463 e. The van der Waals surface area contributed by atoms with Crippen molar-refractivity contribution in [3.8, 4) is 0 Å². The highest BCUT2D eigenvalue weighted by Gasteiger charge is 2.57. The van der Waals surface area contributed by atoms with Crippen LogP contribution in [0.4, 0.5) is 0 Å². The third kappa shape index (κ3) is 12.0. The van der Waals surface area contributed by atoms with Gasteiger partial charge in [0.15, 0.2) is 30.7 Å². The van der Waals surface area contributed by atoms with Gasteiger partial charge < -0.3 is 47.4 Å². The van der Waals surface area contributed by atoms with Crippen molar-refractivity contribution in [1.29, 1.82) is 5.41 Å². The van der Waals surface area contributed by atoms with Gasteiger partial charge in [-0.1, -0.05) is 71.2 Å². The summed E-state index contributed by atoms with van der Waals surface area (Å²) in [4.78, 5) is 76.3. The molecule has 1 N–H and O–H groups in total. The average molecular weight is 847 g/mol. The van der Waals surface area contributed by atoms with Gasteiger partial charge in [0.05, 0.1) is 17.2 Å². The summed E-state index contributed by atoms with van der Waals surface area (Å²) in [5.41, 5.74) is 0.101. The Hall–Kier alpha value is -4.52. The van der Waals surface area contributed by atoms with Crippen molar-refractivity contribution in [3.05, 3.63) is 71.8 Å². The van der Waals surface area contributed by atoms with Crippen molar-refractivity contribution in [2.75, 3.05) is 6.61 Å². The Morgan fingerprint density at radius 3 is 1.52 bits per heavy atom. The highest BCUT2D eigenvalue weighted by molar-refractivity contribution is 6.76. The van der Waals surface area contributed by atoms with Crippen LogP contribution in [-0.4, -0.2) is 114 Å². The number of ether oxygens (including phenoxy) is 10. The molecule has 304 valence electrons. The minimum Gasteiger partial charge on any atom is -0.463 e. The molecule has 4 rings (SSSR count). The van der Waals surface area contributed by atoms with E-state index in [-0.39, 0.29) is 11.1 Å². The Labute approximate surface area is 335 Å². The fourth-order valence-corrected chi connectivity index (χ4v) is 5.82. The molecule has 2 aliphatic rings. The van der Waals surface area contributed by atoms with E-state index in [1.807, 2.05) is 0 Å². The summed E-state index contributed by atoms with van der Waals surface area (Å²) in [6, 6.07) is 15.3. The lowest BCUT2D eigenvalue weighted by Crippen LogP contribution is -2.66. The van der Waals surface area contributed by atoms with Gasteiger partial charge in [-0.3, -0.25) is 24.6 Å². The molecule has 0 radical (unpaired) electrons. The molecule has 0 aliphatic carbocycles. The molecule has 0 unspecified atom stereocenters. The first-order valence-corrected chi connectivity index (χ1v) is 17.9. The molecule has 2 heterocycles. The van der Waals surface area contributed by atoms with Crippen LogP contribution in [0.1, 0.15) is 55.3 Å². The normalized spacial score (nSPS) is 27.4. The molecular formula is C36H38Cl3NO16. The summed E-state index contributed by atoms with van der Waals surface area (Å²) >= 11 is 17.7. The third-order valence-electron chi connectivity index (χ3n) is 7.96. The summed E-state index contributed by atoms with van der Waals surface area (Å²) < 4.78 is 55.1. The van der Waals surface area contributed by atoms with Crippen LogP contribution < -0.4 is 0 Å². The molecule has 0 spiro atoms. The SMILES string of the molecule is CC(=O)OC[C@H]1O[C@@H](O[C@H]2[C@@H](OC(=O)c3ccccc3)[C@H](OC(=O)c3ccccc3)[C@H](OC(=N)C(Cl)(Cl)Cl)O[C@H]2C)[C@H](OC(C)=O)[C@@H](OC(C)=O)[C@H]1OC(C)=O. The zero-order chi connectivity index (χ0) is 41.3. The van der Waals surface area contributed by atoms with E-state index in [1.165, 1.54) is 31.2 Å². The van der Waals surface area contributed by atoms with Gasteiger partial charge in [0.2, 0.25) is 18.3 Å². The van der Waals surface area contributed by atoms with Crippen LogP contribution in [0, 0.1) is 5.41 Å². The molecule has 2 saturated heterocycles. The Kier molecular flexibility index (Phi) is 15.4. The molecule has 20 heteroatoms. The lowest BCUT2D eigenvalue weighted by atomic mass is 9.96. The first-order chi connectivity index (χ1) is 26.3. The lowest BCUT2D eigenvalue weighted by Gasteiger charge is -2.48. The second-order valence-corrected chi connectivity index (χ2v) is 14.6. The van der Waals surface area contributed by atoms with Crippen LogP contribution in [-0.2, 0) is 66.5 Å². The number of halogens is 3. The standard InChI is InChI=1S/C36H38Cl3NO16/c1-17-25(55-34-29(51-21(5)44)28(50-20(4)43)26(49-19(3)42)24(52-34)16-47-18(2)41)27(53-31(45)22-12-8-6-9-13-22)30(33(48-17)56-35(40)36(37,38)39)54-32(46)23-14-10-7-11-15-23/h6-15,17,24-30,33-34,40H,16H2,1-5H3/t17-,24+,25+,26-,27+,28-,29+,30-,33-,34-/m0/s1. The second-order valence-electron chi connectivity index (χ2n) is 12.3. The predicted molar refractivity (Wildman–Crippen MR) is 192 cm³/mol. The Bertz CT molecular complexity index is 1740. The van der Waals surface area contributed by atoms with E-state index in [9.17, 15) is 28.8 Å². The molecule has 0 aromatic heterocycles. The van der Waals surface area contributed by atoms with E-state index in [2.05, 4.69) is 0 Å². The number of carbonyl (C=O) groups is 6. The Balaban J connectivity index is 1.85. The summed E-state index contributed by atoms with van der Waals surface area (Å²) in [6.45, 7) is 5.08. The fraction of sp³-hybridized carbons (Fsp3) is 0.472. The second kappa shape index (κ2) is 19.6. The predicted octanol–water partition coefficient (Wildman–Crippen LogP) is 4.01. The van der Waals surface area contributed by atoms with Gasteiger partial charge in [0, 0.05) is 27.7 Å². The van der Waals surface area contributed by atoms with Gasteiger partial charge in [-0.25, -0.2) is 9.59 Å². The van der Waals surface area contributed by atoms with Crippen molar-refractivity contribution in [3.63, 3.8) is 0 Å². The number of benzene rings is 2. The molecule has 56 heavy (non-hydrogen) atoms. The van der Waals surface area contributed by atoms with Crippen molar-refractivity contribution < 1.29 is 76.1 Å². The van der Waals surface area contributed by atoms with E-state index in [0.717, 1.165) is 27.7 Å².